The van der Waals surface area contributed by atoms with Crippen molar-refractivity contribution in [2.75, 3.05) is 12.4 Å². The lowest BCUT2D eigenvalue weighted by Gasteiger charge is -2.12. The van der Waals surface area contributed by atoms with Gasteiger partial charge in [-0.3, -0.25) is 4.79 Å². The van der Waals surface area contributed by atoms with E-state index in [0.717, 1.165) is 19.1 Å². The highest BCUT2D eigenvalue weighted by molar-refractivity contribution is 7.99. The van der Waals surface area contributed by atoms with Gasteiger partial charge in [0.1, 0.15) is 6.61 Å². The molecule has 0 bridgehead atoms. The minimum atomic E-state index is -2.55. The summed E-state index contributed by atoms with van der Waals surface area (Å²) in [6.45, 7) is 5.08. The van der Waals surface area contributed by atoms with Crippen LogP contribution in [-0.2, 0) is 9.53 Å². The predicted octanol–water partition coefficient (Wildman–Crippen LogP) is 3.89. The number of alkyl halides is 2. The molecule has 0 saturated heterocycles. The van der Waals surface area contributed by atoms with Gasteiger partial charge in [-0.05, 0) is 32.4 Å². The van der Waals surface area contributed by atoms with Crippen molar-refractivity contribution in [3.05, 3.63) is 0 Å². The summed E-state index contributed by atoms with van der Waals surface area (Å²) >= 11 is 1.66. The van der Waals surface area contributed by atoms with Crippen molar-refractivity contribution >= 4 is 17.7 Å². The van der Waals surface area contributed by atoms with Crippen LogP contribution in [0, 0.1) is 0 Å². The Morgan fingerprint density at radius 3 is 2.59 bits per heavy atom. The Kier molecular flexibility index (Phi) is 8.56. The molecule has 2 nitrogen and oxygen atoms in total. The number of ether oxygens (including phenoxy) is 1. The zero-order chi connectivity index (χ0) is 13.3. The average molecular weight is 268 g/mol. The van der Waals surface area contributed by atoms with Crippen molar-refractivity contribution in [2.45, 2.75) is 57.6 Å². The molecule has 0 aliphatic heterocycles. The summed E-state index contributed by atoms with van der Waals surface area (Å²) in [5, 5.41) is 0.229. The summed E-state index contributed by atoms with van der Waals surface area (Å²) in [6, 6.07) is 0. The van der Waals surface area contributed by atoms with Gasteiger partial charge < -0.3 is 4.74 Å². The number of rotatable bonds is 9. The molecule has 1 unspecified atom stereocenters. The number of carbonyl (C=O) groups excluding carboxylic acids is 1. The summed E-state index contributed by atoms with van der Waals surface area (Å²) in [4.78, 5) is 10.9. The van der Waals surface area contributed by atoms with Gasteiger partial charge in [0.15, 0.2) is 0 Å². The van der Waals surface area contributed by atoms with Gasteiger partial charge in [0, 0.05) is 18.1 Å². The van der Waals surface area contributed by atoms with E-state index in [4.69, 9.17) is 4.74 Å². The van der Waals surface area contributed by atoms with Crippen LogP contribution in [0.15, 0.2) is 0 Å². The number of unbranched alkanes of at least 4 members (excludes halogenated alkanes) is 1. The van der Waals surface area contributed by atoms with E-state index < -0.39 is 5.92 Å². The van der Waals surface area contributed by atoms with Crippen LogP contribution < -0.4 is 0 Å². The van der Waals surface area contributed by atoms with Crippen LogP contribution in [-0.4, -0.2) is 29.5 Å². The van der Waals surface area contributed by atoms with Gasteiger partial charge in [0.25, 0.3) is 0 Å². The third kappa shape index (κ3) is 11.9. The van der Waals surface area contributed by atoms with E-state index in [-0.39, 0.29) is 17.6 Å². The predicted molar refractivity (Wildman–Crippen MR) is 67.6 cm³/mol. The molecule has 0 aromatic carbocycles. The first-order chi connectivity index (χ1) is 7.85. The Morgan fingerprint density at radius 1 is 1.41 bits per heavy atom. The van der Waals surface area contributed by atoms with Crippen molar-refractivity contribution in [3.8, 4) is 0 Å². The summed E-state index contributed by atoms with van der Waals surface area (Å²) in [5.41, 5.74) is 0. The third-order valence-electron chi connectivity index (χ3n) is 2.18. The molecule has 0 saturated carbocycles. The second kappa shape index (κ2) is 8.72. The van der Waals surface area contributed by atoms with Gasteiger partial charge >= 0.3 is 5.97 Å². The Morgan fingerprint density at radius 2 is 2.06 bits per heavy atom. The largest absolute Gasteiger partial charge is 0.465 e. The highest BCUT2D eigenvalue weighted by Gasteiger charge is 2.19. The zero-order valence-electron chi connectivity index (χ0n) is 10.8. The average Bonchev–Trinajstić information content (AvgIpc) is 2.23. The molecule has 0 spiro atoms. The zero-order valence-corrected chi connectivity index (χ0v) is 11.6. The standard InChI is InChI=1S/C12H22F2O2S/c1-4-11(15)16-9-10(2)17-8-6-5-7-12(3,13)14/h10H,4-9H2,1-3H3. The van der Waals surface area contributed by atoms with Crippen LogP contribution in [0.3, 0.4) is 0 Å². The quantitative estimate of drug-likeness (QED) is 0.469. The van der Waals surface area contributed by atoms with Crippen LogP contribution in [0.1, 0.15) is 46.5 Å². The van der Waals surface area contributed by atoms with Gasteiger partial charge in [-0.1, -0.05) is 6.92 Å². The topological polar surface area (TPSA) is 26.3 Å². The normalized spacial score (nSPS) is 13.5. The van der Waals surface area contributed by atoms with E-state index in [2.05, 4.69) is 0 Å². The molecule has 0 aromatic heterocycles. The molecular weight excluding hydrogens is 246 g/mol. The number of hydrogen-bond acceptors (Lipinski definition) is 3. The molecule has 0 aliphatic carbocycles. The fraction of sp³-hybridized carbons (Fsp3) is 0.917. The number of hydrogen-bond donors (Lipinski definition) is 0. The molecule has 0 amide bonds. The Bertz CT molecular complexity index is 217. The van der Waals surface area contributed by atoms with Crippen molar-refractivity contribution in [1.29, 1.82) is 0 Å². The summed E-state index contributed by atoms with van der Waals surface area (Å²) < 4.78 is 30.0. The molecular formula is C12H22F2O2S. The Hall–Kier alpha value is -0.320. The molecule has 0 heterocycles. The maximum atomic E-state index is 12.5. The highest BCUT2D eigenvalue weighted by Crippen LogP contribution is 2.21. The van der Waals surface area contributed by atoms with Crippen molar-refractivity contribution in [3.63, 3.8) is 0 Å². The molecule has 0 N–H and O–H groups in total. The molecule has 17 heavy (non-hydrogen) atoms. The first kappa shape index (κ1) is 16.7. The molecule has 1 atom stereocenters. The maximum absolute atomic E-state index is 12.5. The molecule has 0 rings (SSSR count). The second-order valence-corrected chi connectivity index (χ2v) is 5.79. The van der Waals surface area contributed by atoms with Gasteiger partial charge in [-0.25, -0.2) is 8.78 Å². The number of halogens is 2. The van der Waals surface area contributed by atoms with E-state index in [1.54, 1.807) is 18.7 Å². The Balaban J connectivity index is 3.39. The van der Waals surface area contributed by atoms with Crippen molar-refractivity contribution in [2.24, 2.45) is 0 Å². The first-order valence-corrected chi connectivity index (χ1v) is 7.05. The minimum absolute atomic E-state index is 0.0488. The van der Waals surface area contributed by atoms with Gasteiger partial charge in [-0.2, -0.15) is 11.8 Å². The number of esters is 1. The molecule has 0 aromatic rings. The van der Waals surface area contributed by atoms with Crippen LogP contribution >= 0.6 is 11.8 Å². The van der Waals surface area contributed by atoms with Crippen LogP contribution in [0.5, 0.6) is 0 Å². The van der Waals surface area contributed by atoms with E-state index in [0.29, 0.717) is 19.4 Å². The third-order valence-corrected chi connectivity index (χ3v) is 3.41. The highest BCUT2D eigenvalue weighted by atomic mass is 32.2. The number of thioether (sulfide) groups is 1. The number of carbonyl (C=O) groups is 1. The van der Waals surface area contributed by atoms with E-state index in [1.165, 1.54) is 0 Å². The lowest BCUT2D eigenvalue weighted by Crippen LogP contribution is -2.13. The maximum Gasteiger partial charge on any atom is 0.305 e. The summed E-state index contributed by atoms with van der Waals surface area (Å²) in [6.07, 6.45) is 1.66. The van der Waals surface area contributed by atoms with Crippen LogP contribution in [0.25, 0.3) is 0 Å². The molecule has 0 radical (unpaired) electrons. The summed E-state index contributed by atoms with van der Waals surface area (Å²) in [7, 11) is 0. The Labute approximate surface area is 106 Å². The lowest BCUT2D eigenvalue weighted by atomic mass is 10.2. The lowest BCUT2D eigenvalue weighted by molar-refractivity contribution is -0.143. The minimum Gasteiger partial charge on any atom is -0.465 e. The molecule has 0 fully saturated rings. The monoisotopic (exact) mass is 268 g/mol. The fourth-order valence-electron chi connectivity index (χ4n) is 1.18. The summed E-state index contributed by atoms with van der Waals surface area (Å²) in [5.74, 6) is -1.91. The smallest absolute Gasteiger partial charge is 0.305 e. The fourth-order valence-corrected chi connectivity index (χ4v) is 2.12. The van der Waals surface area contributed by atoms with Gasteiger partial charge in [-0.15, -0.1) is 0 Å². The second-order valence-electron chi connectivity index (χ2n) is 4.25. The van der Waals surface area contributed by atoms with E-state index >= 15 is 0 Å². The van der Waals surface area contributed by atoms with Crippen molar-refractivity contribution < 1.29 is 18.3 Å². The SMILES string of the molecule is CCC(=O)OCC(C)SCCCCC(C)(F)F. The molecule has 102 valence electrons. The van der Waals surface area contributed by atoms with Gasteiger partial charge in [0.2, 0.25) is 5.92 Å². The van der Waals surface area contributed by atoms with Crippen molar-refractivity contribution in [1.82, 2.24) is 0 Å². The first-order valence-electron chi connectivity index (χ1n) is 6.00. The van der Waals surface area contributed by atoms with Gasteiger partial charge in [0.05, 0.1) is 0 Å². The molecule has 0 aliphatic rings. The molecule has 5 heteroatoms. The van der Waals surface area contributed by atoms with E-state index in [1.807, 2.05) is 6.92 Å². The van der Waals surface area contributed by atoms with Crippen LogP contribution in [0.4, 0.5) is 8.78 Å². The van der Waals surface area contributed by atoms with E-state index in [9.17, 15) is 13.6 Å². The van der Waals surface area contributed by atoms with Crippen LogP contribution in [0.2, 0.25) is 0 Å².